The van der Waals surface area contributed by atoms with Crippen molar-refractivity contribution in [3.05, 3.63) is 54.5 Å². The Labute approximate surface area is 173 Å². The van der Waals surface area contributed by atoms with Gasteiger partial charge in [0.15, 0.2) is 5.65 Å². The summed E-state index contributed by atoms with van der Waals surface area (Å²) < 4.78 is 14.8. The minimum absolute atomic E-state index is 0.0269. The summed E-state index contributed by atoms with van der Waals surface area (Å²) in [6.07, 6.45) is 2.33. The molecule has 0 saturated carbocycles. The number of carbonyl (C=O) groups is 2. The molecule has 0 spiro atoms. The van der Waals surface area contributed by atoms with Crippen LogP contribution in [0.1, 0.15) is 11.5 Å². The lowest BCUT2D eigenvalue weighted by Crippen LogP contribution is -2.58. The Morgan fingerprint density at radius 3 is 2.43 bits per heavy atom. The van der Waals surface area contributed by atoms with Crippen molar-refractivity contribution in [2.45, 2.75) is 18.1 Å². The zero-order valence-corrected chi connectivity index (χ0v) is 16.8. The molecule has 1 fully saturated rings. The molecule has 9 heteroatoms. The van der Waals surface area contributed by atoms with E-state index < -0.39 is 24.0 Å². The van der Waals surface area contributed by atoms with Gasteiger partial charge in [-0.3, -0.25) is 9.59 Å². The van der Waals surface area contributed by atoms with Crippen molar-refractivity contribution < 1.29 is 14.0 Å². The van der Waals surface area contributed by atoms with Crippen molar-refractivity contribution in [1.29, 1.82) is 0 Å². The second-order valence-electron chi connectivity index (χ2n) is 7.68. The van der Waals surface area contributed by atoms with E-state index in [0.717, 1.165) is 16.8 Å². The summed E-state index contributed by atoms with van der Waals surface area (Å²) in [6, 6.07) is 10.1. The SMILES string of the molecule is CN(C)C(=O)[C@@H](c1ccc(-c2ccc3ncnn3c2)cc1)[C@H](N)C(=O)N1CC(F)C1. The maximum atomic E-state index is 13.2. The van der Waals surface area contributed by atoms with Crippen molar-refractivity contribution in [2.75, 3.05) is 27.2 Å². The third kappa shape index (κ3) is 3.63. The Balaban J connectivity index is 1.61. The highest BCUT2D eigenvalue weighted by atomic mass is 19.1. The third-order valence-corrected chi connectivity index (χ3v) is 5.38. The Hall–Kier alpha value is -3.33. The Bertz CT molecular complexity index is 1070. The van der Waals surface area contributed by atoms with Crippen molar-refractivity contribution in [3.8, 4) is 11.1 Å². The summed E-state index contributed by atoms with van der Waals surface area (Å²) in [7, 11) is 3.24. The summed E-state index contributed by atoms with van der Waals surface area (Å²) >= 11 is 0. The lowest BCUT2D eigenvalue weighted by atomic mass is 9.88. The van der Waals surface area contributed by atoms with E-state index >= 15 is 0 Å². The van der Waals surface area contributed by atoms with E-state index in [4.69, 9.17) is 5.73 Å². The zero-order valence-electron chi connectivity index (χ0n) is 16.8. The van der Waals surface area contributed by atoms with Crippen LogP contribution in [0.5, 0.6) is 0 Å². The highest BCUT2D eigenvalue weighted by Crippen LogP contribution is 2.27. The van der Waals surface area contributed by atoms with Crippen LogP contribution in [0.15, 0.2) is 48.9 Å². The molecule has 2 N–H and O–H groups in total. The average Bonchev–Trinajstić information content (AvgIpc) is 3.19. The van der Waals surface area contributed by atoms with E-state index in [9.17, 15) is 14.0 Å². The molecule has 4 rings (SSSR count). The fourth-order valence-electron chi connectivity index (χ4n) is 3.61. The van der Waals surface area contributed by atoms with Gasteiger partial charge in [-0.25, -0.2) is 13.9 Å². The minimum atomic E-state index is -1.08. The van der Waals surface area contributed by atoms with Crippen LogP contribution in [0.4, 0.5) is 4.39 Å². The van der Waals surface area contributed by atoms with E-state index in [2.05, 4.69) is 10.1 Å². The van der Waals surface area contributed by atoms with Gasteiger partial charge in [0.2, 0.25) is 11.8 Å². The van der Waals surface area contributed by atoms with Crippen molar-refractivity contribution in [3.63, 3.8) is 0 Å². The van der Waals surface area contributed by atoms with Gasteiger partial charge in [0.1, 0.15) is 18.5 Å². The smallest absolute Gasteiger partial charge is 0.240 e. The molecule has 30 heavy (non-hydrogen) atoms. The van der Waals surface area contributed by atoms with E-state index in [1.165, 1.54) is 16.1 Å². The van der Waals surface area contributed by atoms with Gasteiger partial charge in [-0.05, 0) is 23.3 Å². The second kappa shape index (κ2) is 7.83. The molecular formula is C21H23FN6O2. The number of pyridine rings is 1. The van der Waals surface area contributed by atoms with Crippen molar-refractivity contribution in [1.82, 2.24) is 24.4 Å². The molecule has 1 aliphatic rings. The standard InChI is InChI=1S/C21H23FN6O2/c1-26(2)20(29)18(19(23)21(30)27-10-16(22)11-27)14-5-3-13(4-6-14)15-7-8-17-24-12-25-28(17)9-15/h3-9,12,16,18-19H,10-11,23H2,1-2H3/t18-,19-/m0/s1. The van der Waals surface area contributed by atoms with Crippen LogP contribution in [0.25, 0.3) is 16.8 Å². The normalized spacial score (nSPS) is 16.2. The predicted octanol–water partition coefficient (Wildman–Crippen LogP) is 1.08. The van der Waals surface area contributed by atoms with E-state index in [0.29, 0.717) is 5.56 Å². The molecule has 2 amide bonds. The molecule has 2 atom stereocenters. The number of likely N-dealkylation sites (tertiary alicyclic amines) is 1. The van der Waals surface area contributed by atoms with Gasteiger partial charge in [0.05, 0.1) is 19.0 Å². The number of nitrogens with zero attached hydrogens (tertiary/aromatic N) is 5. The van der Waals surface area contributed by atoms with Crippen LogP contribution in [0.2, 0.25) is 0 Å². The number of alkyl halides is 1. The molecular weight excluding hydrogens is 387 g/mol. The van der Waals surface area contributed by atoms with E-state index in [1.807, 2.05) is 30.5 Å². The van der Waals surface area contributed by atoms with Crippen LogP contribution in [0.3, 0.4) is 0 Å². The summed E-state index contributed by atoms with van der Waals surface area (Å²) in [5.41, 5.74) is 9.45. The molecule has 2 aromatic heterocycles. The number of amides is 2. The van der Waals surface area contributed by atoms with Crippen LogP contribution in [-0.4, -0.2) is 75.6 Å². The maximum absolute atomic E-state index is 13.2. The third-order valence-electron chi connectivity index (χ3n) is 5.38. The number of carbonyl (C=O) groups excluding carboxylic acids is 2. The summed E-state index contributed by atoms with van der Waals surface area (Å²) in [6.45, 7) is 0.0538. The lowest BCUT2D eigenvalue weighted by molar-refractivity contribution is -0.143. The number of aromatic nitrogens is 3. The number of benzene rings is 1. The maximum Gasteiger partial charge on any atom is 0.240 e. The second-order valence-corrected chi connectivity index (χ2v) is 7.68. The van der Waals surface area contributed by atoms with Crippen LogP contribution < -0.4 is 5.73 Å². The first kappa shape index (κ1) is 20.0. The molecule has 156 valence electrons. The molecule has 1 aliphatic heterocycles. The molecule has 0 radical (unpaired) electrons. The summed E-state index contributed by atoms with van der Waals surface area (Å²) in [5.74, 6) is -1.53. The lowest BCUT2D eigenvalue weighted by Gasteiger charge is -2.37. The highest BCUT2D eigenvalue weighted by molar-refractivity contribution is 5.93. The molecule has 0 aliphatic carbocycles. The number of nitrogens with two attached hydrogens (primary N) is 1. The molecule has 8 nitrogen and oxygen atoms in total. The topological polar surface area (TPSA) is 96.8 Å². The Morgan fingerprint density at radius 2 is 1.80 bits per heavy atom. The van der Waals surface area contributed by atoms with E-state index in [1.54, 1.807) is 30.7 Å². The van der Waals surface area contributed by atoms with Crippen LogP contribution in [0, 0.1) is 0 Å². The zero-order chi connectivity index (χ0) is 21.4. The minimum Gasteiger partial charge on any atom is -0.348 e. The van der Waals surface area contributed by atoms with Gasteiger partial charge in [-0.15, -0.1) is 0 Å². The Morgan fingerprint density at radius 1 is 1.13 bits per heavy atom. The number of likely N-dealkylation sites (N-methyl/N-ethyl adjacent to an activating group) is 1. The van der Waals surface area contributed by atoms with Gasteiger partial charge in [-0.2, -0.15) is 5.10 Å². The fraction of sp³-hybridized carbons (Fsp3) is 0.333. The van der Waals surface area contributed by atoms with Gasteiger partial charge < -0.3 is 15.5 Å². The van der Waals surface area contributed by atoms with Crippen LogP contribution >= 0.6 is 0 Å². The monoisotopic (exact) mass is 410 g/mol. The first-order valence-electron chi connectivity index (χ1n) is 9.64. The molecule has 3 aromatic rings. The number of fused-ring (bicyclic) bond motifs is 1. The summed E-state index contributed by atoms with van der Waals surface area (Å²) in [4.78, 5) is 32.4. The van der Waals surface area contributed by atoms with E-state index in [-0.39, 0.29) is 19.0 Å². The average molecular weight is 410 g/mol. The van der Waals surface area contributed by atoms with Crippen molar-refractivity contribution >= 4 is 17.5 Å². The highest BCUT2D eigenvalue weighted by Gasteiger charge is 2.39. The first-order chi connectivity index (χ1) is 14.3. The van der Waals surface area contributed by atoms with Crippen LogP contribution in [-0.2, 0) is 9.59 Å². The van der Waals surface area contributed by atoms with Gasteiger partial charge in [0.25, 0.3) is 0 Å². The molecule has 3 heterocycles. The summed E-state index contributed by atoms with van der Waals surface area (Å²) in [5, 5.41) is 4.14. The number of rotatable bonds is 5. The van der Waals surface area contributed by atoms with Gasteiger partial charge in [0, 0.05) is 25.9 Å². The number of hydrogen-bond acceptors (Lipinski definition) is 5. The molecule has 1 aromatic carbocycles. The fourth-order valence-corrected chi connectivity index (χ4v) is 3.61. The molecule has 1 saturated heterocycles. The molecule has 0 unspecified atom stereocenters. The number of hydrogen-bond donors (Lipinski definition) is 1. The largest absolute Gasteiger partial charge is 0.348 e. The van der Waals surface area contributed by atoms with Crippen molar-refractivity contribution in [2.24, 2.45) is 5.73 Å². The number of halogens is 1. The van der Waals surface area contributed by atoms with Gasteiger partial charge in [-0.1, -0.05) is 24.3 Å². The first-order valence-corrected chi connectivity index (χ1v) is 9.64. The Kier molecular flexibility index (Phi) is 5.21. The molecule has 0 bridgehead atoms. The van der Waals surface area contributed by atoms with Gasteiger partial charge >= 0.3 is 0 Å². The predicted molar refractivity (Wildman–Crippen MR) is 109 cm³/mol. The quantitative estimate of drug-likeness (QED) is 0.679.